The predicted molar refractivity (Wildman–Crippen MR) is 114 cm³/mol. The molecule has 0 saturated heterocycles. The molecule has 0 aliphatic rings. The van der Waals surface area contributed by atoms with E-state index in [1.807, 2.05) is 36.0 Å². The van der Waals surface area contributed by atoms with E-state index >= 15 is 0 Å². The van der Waals surface area contributed by atoms with Crippen LogP contribution in [-0.4, -0.2) is 35.0 Å². The van der Waals surface area contributed by atoms with E-state index in [0.29, 0.717) is 16.8 Å². The first kappa shape index (κ1) is 19.1. The van der Waals surface area contributed by atoms with Gasteiger partial charge in [-0.3, -0.25) is 0 Å². The van der Waals surface area contributed by atoms with E-state index in [9.17, 15) is 8.42 Å². The van der Waals surface area contributed by atoms with Crippen molar-refractivity contribution in [1.82, 2.24) is 19.5 Å². The fourth-order valence-electron chi connectivity index (χ4n) is 2.76. The third kappa shape index (κ3) is 3.84. The molecule has 0 bridgehead atoms. The summed E-state index contributed by atoms with van der Waals surface area (Å²) >= 11 is 1.26. The van der Waals surface area contributed by atoms with E-state index in [4.69, 9.17) is 0 Å². The number of hydrogen-bond donors (Lipinski definition) is 1. The van der Waals surface area contributed by atoms with Gasteiger partial charge in [0.2, 0.25) is 5.95 Å². The summed E-state index contributed by atoms with van der Waals surface area (Å²) in [5.74, 6) is 0.430. The summed E-state index contributed by atoms with van der Waals surface area (Å²) in [7, 11) is -0.233. The summed E-state index contributed by atoms with van der Waals surface area (Å²) in [6.45, 7) is 0. The Bertz CT molecular complexity index is 1220. The molecule has 4 rings (SSSR count). The van der Waals surface area contributed by atoms with Crippen LogP contribution in [0.15, 0.2) is 71.3 Å². The Hall–Kier alpha value is -3.24. The van der Waals surface area contributed by atoms with Gasteiger partial charge in [-0.2, -0.15) is 0 Å². The van der Waals surface area contributed by atoms with Crippen molar-refractivity contribution in [3.63, 3.8) is 0 Å². The number of thiazole rings is 1. The van der Waals surface area contributed by atoms with Crippen LogP contribution in [-0.2, 0) is 17.1 Å². The average Bonchev–Trinajstić information content (AvgIpc) is 3.40. The van der Waals surface area contributed by atoms with Crippen molar-refractivity contribution < 1.29 is 8.42 Å². The summed E-state index contributed by atoms with van der Waals surface area (Å²) in [6, 6.07) is 12.2. The maximum atomic E-state index is 12.8. The lowest BCUT2D eigenvalue weighted by Crippen LogP contribution is -2.26. The molecule has 0 aliphatic carbocycles. The fourth-order valence-corrected chi connectivity index (χ4v) is 4.75. The van der Waals surface area contributed by atoms with Crippen LogP contribution in [0.4, 0.5) is 16.8 Å². The molecule has 4 aromatic rings. The Labute approximate surface area is 172 Å². The fraction of sp³-hybridized carbons (Fsp3) is 0.105. The van der Waals surface area contributed by atoms with Crippen molar-refractivity contribution in [2.24, 2.45) is 7.05 Å². The van der Waals surface area contributed by atoms with Gasteiger partial charge in [-0.15, -0.1) is 11.3 Å². The summed E-state index contributed by atoms with van der Waals surface area (Å²) in [6.07, 6.45) is 5.20. The highest BCUT2D eigenvalue weighted by atomic mass is 32.2. The number of aryl methyl sites for hydroxylation is 1. The van der Waals surface area contributed by atoms with Crippen LogP contribution in [0.2, 0.25) is 0 Å². The van der Waals surface area contributed by atoms with Crippen LogP contribution in [0.5, 0.6) is 0 Å². The van der Waals surface area contributed by atoms with Crippen molar-refractivity contribution >= 4 is 38.1 Å². The van der Waals surface area contributed by atoms with E-state index in [2.05, 4.69) is 20.3 Å². The SMILES string of the molecule is CN(c1nccs1)S(=O)(=O)c1ccc(Nc2nccc(-c3cccn3C)n2)cc1. The molecule has 0 radical (unpaired) electrons. The Balaban J connectivity index is 1.54. The van der Waals surface area contributed by atoms with Crippen molar-refractivity contribution in [2.75, 3.05) is 16.7 Å². The van der Waals surface area contributed by atoms with Gasteiger partial charge < -0.3 is 9.88 Å². The molecule has 0 spiro atoms. The number of sulfonamides is 1. The summed E-state index contributed by atoms with van der Waals surface area (Å²) in [4.78, 5) is 13.0. The van der Waals surface area contributed by atoms with E-state index < -0.39 is 10.0 Å². The number of benzene rings is 1. The van der Waals surface area contributed by atoms with Crippen LogP contribution in [0.3, 0.4) is 0 Å². The average molecular weight is 427 g/mol. The normalized spacial score (nSPS) is 11.4. The van der Waals surface area contributed by atoms with Gasteiger partial charge in [-0.05, 0) is 42.5 Å². The van der Waals surface area contributed by atoms with E-state index in [-0.39, 0.29) is 4.90 Å². The zero-order valence-electron chi connectivity index (χ0n) is 15.7. The molecule has 0 amide bonds. The topological polar surface area (TPSA) is 93.0 Å². The third-order valence-electron chi connectivity index (χ3n) is 4.32. The Morgan fingerprint density at radius 2 is 1.86 bits per heavy atom. The number of nitrogens with zero attached hydrogens (tertiary/aromatic N) is 5. The quantitative estimate of drug-likeness (QED) is 0.507. The standard InChI is InChI=1S/C19H18N6O2S2/c1-24-12-3-4-17(24)16-9-10-20-18(23-16)22-14-5-7-15(8-6-14)29(26,27)25(2)19-21-11-13-28-19/h3-13H,1-2H3,(H,20,22,23). The second-order valence-corrected chi connectivity index (χ2v) is 9.05. The van der Waals surface area contributed by atoms with Crippen molar-refractivity contribution in [3.8, 4) is 11.4 Å². The minimum absolute atomic E-state index is 0.180. The van der Waals surface area contributed by atoms with Crippen LogP contribution in [0, 0.1) is 0 Å². The minimum Gasteiger partial charge on any atom is -0.349 e. The minimum atomic E-state index is -3.67. The van der Waals surface area contributed by atoms with Gasteiger partial charge in [0.25, 0.3) is 10.0 Å². The van der Waals surface area contributed by atoms with Gasteiger partial charge in [0.05, 0.1) is 16.3 Å². The lowest BCUT2D eigenvalue weighted by atomic mass is 10.3. The highest BCUT2D eigenvalue weighted by Crippen LogP contribution is 2.25. The molecule has 8 nitrogen and oxygen atoms in total. The Morgan fingerprint density at radius 3 is 2.52 bits per heavy atom. The second kappa shape index (κ2) is 7.64. The molecule has 0 saturated carbocycles. The lowest BCUT2D eigenvalue weighted by molar-refractivity contribution is 0.594. The first-order valence-electron chi connectivity index (χ1n) is 8.65. The van der Waals surface area contributed by atoms with E-state index in [1.165, 1.54) is 22.7 Å². The molecule has 29 heavy (non-hydrogen) atoms. The second-order valence-electron chi connectivity index (χ2n) is 6.21. The largest absolute Gasteiger partial charge is 0.349 e. The van der Waals surface area contributed by atoms with Gasteiger partial charge in [-0.25, -0.2) is 27.7 Å². The number of nitrogens with one attached hydrogen (secondary N) is 1. The van der Waals surface area contributed by atoms with Crippen molar-refractivity contribution in [3.05, 3.63) is 66.4 Å². The van der Waals surface area contributed by atoms with E-state index in [0.717, 1.165) is 11.4 Å². The Kier molecular flexibility index (Phi) is 5.03. The zero-order valence-corrected chi connectivity index (χ0v) is 17.4. The number of rotatable bonds is 6. The van der Waals surface area contributed by atoms with E-state index in [1.54, 1.807) is 42.0 Å². The molecule has 3 aromatic heterocycles. The lowest BCUT2D eigenvalue weighted by Gasteiger charge is -2.16. The molecule has 0 fully saturated rings. The van der Waals surface area contributed by atoms with Crippen LogP contribution < -0.4 is 9.62 Å². The van der Waals surface area contributed by atoms with Gasteiger partial charge in [0.1, 0.15) is 0 Å². The van der Waals surface area contributed by atoms with Crippen LogP contribution in [0.1, 0.15) is 0 Å². The molecule has 0 aliphatic heterocycles. The number of anilines is 3. The summed E-state index contributed by atoms with van der Waals surface area (Å²) < 4.78 is 28.7. The summed E-state index contributed by atoms with van der Waals surface area (Å²) in [5.41, 5.74) is 2.45. The van der Waals surface area contributed by atoms with Gasteiger partial charge in [0.15, 0.2) is 5.13 Å². The number of aromatic nitrogens is 4. The first-order valence-corrected chi connectivity index (χ1v) is 11.0. The number of hydrogen-bond acceptors (Lipinski definition) is 7. The maximum absolute atomic E-state index is 12.8. The molecule has 10 heteroatoms. The predicted octanol–water partition coefficient (Wildman–Crippen LogP) is 3.51. The van der Waals surface area contributed by atoms with Crippen LogP contribution >= 0.6 is 11.3 Å². The highest BCUT2D eigenvalue weighted by Gasteiger charge is 2.22. The molecule has 1 N–H and O–H groups in total. The smallest absolute Gasteiger partial charge is 0.265 e. The van der Waals surface area contributed by atoms with Gasteiger partial charge in [0, 0.05) is 43.8 Å². The summed E-state index contributed by atoms with van der Waals surface area (Å²) in [5, 5.41) is 5.26. The molecule has 0 unspecified atom stereocenters. The first-order chi connectivity index (χ1) is 13.9. The zero-order chi connectivity index (χ0) is 20.4. The molecular formula is C19H18N6O2S2. The van der Waals surface area contributed by atoms with Gasteiger partial charge in [-0.1, -0.05) is 0 Å². The molecule has 0 atom stereocenters. The van der Waals surface area contributed by atoms with Crippen molar-refractivity contribution in [1.29, 1.82) is 0 Å². The maximum Gasteiger partial charge on any atom is 0.265 e. The van der Waals surface area contributed by atoms with Crippen LogP contribution in [0.25, 0.3) is 11.4 Å². The molecule has 3 heterocycles. The van der Waals surface area contributed by atoms with Gasteiger partial charge >= 0.3 is 0 Å². The molecule has 1 aromatic carbocycles. The third-order valence-corrected chi connectivity index (χ3v) is 7.04. The highest BCUT2D eigenvalue weighted by molar-refractivity contribution is 7.93. The van der Waals surface area contributed by atoms with Crippen molar-refractivity contribution in [2.45, 2.75) is 4.90 Å². The molecular weight excluding hydrogens is 408 g/mol. The monoisotopic (exact) mass is 426 g/mol. The Morgan fingerprint density at radius 1 is 1.07 bits per heavy atom. The molecule has 148 valence electrons.